The first-order valence-electron chi connectivity index (χ1n) is 5.81. The molecular weight excluding hydrogens is 283 g/mol. The number of halogens is 2. The highest BCUT2D eigenvalue weighted by Crippen LogP contribution is 2.24. The lowest BCUT2D eigenvalue weighted by atomic mass is 10.1. The molecule has 17 heavy (non-hydrogen) atoms. The molecule has 1 unspecified atom stereocenters. The van der Waals surface area contributed by atoms with E-state index in [1.807, 2.05) is 0 Å². The Hall–Kier alpha value is -0.920. The van der Waals surface area contributed by atoms with E-state index in [2.05, 4.69) is 27.3 Å². The number of nitrogens with zero attached hydrogens (tertiary/aromatic N) is 1. The van der Waals surface area contributed by atoms with Crippen LogP contribution in [0.2, 0.25) is 0 Å². The van der Waals surface area contributed by atoms with Crippen LogP contribution in [0.1, 0.15) is 37.3 Å². The fourth-order valence-corrected chi connectivity index (χ4v) is 2.47. The number of nitriles is 1. The quantitative estimate of drug-likeness (QED) is 0.923. The maximum Gasteiger partial charge on any atom is 0.137 e. The molecule has 0 radical (unpaired) electrons. The zero-order valence-corrected chi connectivity index (χ0v) is 11.0. The zero-order chi connectivity index (χ0) is 12.3. The van der Waals surface area contributed by atoms with E-state index in [9.17, 15) is 4.39 Å². The molecule has 0 aromatic heterocycles. The molecule has 0 amide bonds. The van der Waals surface area contributed by atoms with Crippen molar-refractivity contribution < 1.29 is 4.39 Å². The Morgan fingerprint density at radius 1 is 1.41 bits per heavy atom. The second kappa shape index (κ2) is 5.61. The molecule has 1 atom stereocenters. The van der Waals surface area contributed by atoms with Crippen LogP contribution in [-0.2, 0) is 0 Å². The minimum absolute atomic E-state index is 0.323. The summed E-state index contributed by atoms with van der Waals surface area (Å²) in [4.78, 5) is 0. The standard InChI is InChI=1S/C13H14BrFN2/c14-11-6-5-9(7-12(11)15)13(8-16)17-10-3-1-2-4-10/h5-7,10,13,17H,1-4H2. The topological polar surface area (TPSA) is 35.8 Å². The van der Waals surface area contributed by atoms with E-state index in [-0.39, 0.29) is 5.82 Å². The summed E-state index contributed by atoms with van der Waals surface area (Å²) in [6.45, 7) is 0. The minimum atomic E-state index is -0.416. The Balaban J connectivity index is 2.11. The van der Waals surface area contributed by atoms with E-state index in [0.29, 0.717) is 16.1 Å². The molecule has 0 spiro atoms. The van der Waals surface area contributed by atoms with Crippen LogP contribution in [0.3, 0.4) is 0 Å². The first-order valence-corrected chi connectivity index (χ1v) is 6.60. The molecule has 90 valence electrons. The van der Waals surface area contributed by atoms with Gasteiger partial charge in [0.05, 0.1) is 10.5 Å². The van der Waals surface area contributed by atoms with Crippen molar-refractivity contribution in [1.82, 2.24) is 5.32 Å². The maximum absolute atomic E-state index is 13.4. The van der Waals surface area contributed by atoms with Gasteiger partial charge in [-0.05, 0) is 46.5 Å². The van der Waals surface area contributed by atoms with Crippen LogP contribution in [0, 0.1) is 17.1 Å². The molecule has 1 aliphatic rings. The number of benzene rings is 1. The lowest BCUT2D eigenvalue weighted by molar-refractivity contribution is 0.490. The Morgan fingerprint density at radius 3 is 2.71 bits per heavy atom. The first-order chi connectivity index (χ1) is 8.20. The van der Waals surface area contributed by atoms with E-state index in [0.717, 1.165) is 12.8 Å². The molecule has 1 aromatic carbocycles. The van der Waals surface area contributed by atoms with Gasteiger partial charge in [0.15, 0.2) is 0 Å². The predicted molar refractivity (Wildman–Crippen MR) is 67.8 cm³/mol. The van der Waals surface area contributed by atoms with Gasteiger partial charge >= 0.3 is 0 Å². The minimum Gasteiger partial charge on any atom is -0.295 e. The Kier molecular flexibility index (Phi) is 4.14. The number of nitrogens with one attached hydrogen (secondary N) is 1. The molecule has 0 saturated heterocycles. The van der Waals surface area contributed by atoms with Crippen LogP contribution in [0.25, 0.3) is 0 Å². The van der Waals surface area contributed by atoms with Crippen molar-refractivity contribution in [3.8, 4) is 6.07 Å². The summed E-state index contributed by atoms with van der Waals surface area (Å²) in [5.74, 6) is -0.323. The summed E-state index contributed by atoms with van der Waals surface area (Å²) in [6.07, 6.45) is 4.64. The predicted octanol–water partition coefficient (Wildman–Crippen LogP) is 3.69. The monoisotopic (exact) mass is 296 g/mol. The van der Waals surface area contributed by atoms with Crippen LogP contribution in [0.5, 0.6) is 0 Å². The smallest absolute Gasteiger partial charge is 0.137 e. The first kappa shape index (κ1) is 12.5. The second-order valence-corrected chi connectivity index (χ2v) is 5.24. The second-order valence-electron chi connectivity index (χ2n) is 4.38. The average molecular weight is 297 g/mol. The maximum atomic E-state index is 13.4. The summed E-state index contributed by atoms with van der Waals surface area (Å²) in [5, 5.41) is 12.4. The fraction of sp³-hybridized carbons (Fsp3) is 0.462. The molecule has 0 heterocycles. The molecule has 2 nitrogen and oxygen atoms in total. The van der Waals surface area contributed by atoms with Gasteiger partial charge in [0, 0.05) is 6.04 Å². The summed E-state index contributed by atoms with van der Waals surface area (Å²) < 4.78 is 13.8. The SMILES string of the molecule is N#CC(NC1CCCC1)c1ccc(Br)c(F)c1. The van der Waals surface area contributed by atoms with Crippen LogP contribution < -0.4 is 5.32 Å². The Labute approximate surface area is 109 Å². The molecular formula is C13H14BrFN2. The molecule has 1 fully saturated rings. The van der Waals surface area contributed by atoms with E-state index < -0.39 is 6.04 Å². The van der Waals surface area contributed by atoms with Gasteiger partial charge in [-0.15, -0.1) is 0 Å². The van der Waals surface area contributed by atoms with Crippen molar-refractivity contribution in [1.29, 1.82) is 5.26 Å². The van der Waals surface area contributed by atoms with Crippen molar-refractivity contribution in [3.05, 3.63) is 34.1 Å². The van der Waals surface area contributed by atoms with Crippen molar-refractivity contribution >= 4 is 15.9 Å². The summed E-state index contributed by atoms with van der Waals surface area (Å²) >= 11 is 3.11. The van der Waals surface area contributed by atoms with E-state index >= 15 is 0 Å². The highest BCUT2D eigenvalue weighted by atomic mass is 79.9. The lowest BCUT2D eigenvalue weighted by Crippen LogP contribution is -2.29. The van der Waals surface area contributed by atoms with Gasteiger partial charge in [-0.1, -0.05) is 18.9 Å². The summed E-state index contributed by atoms with van der Waals surface area (Å²) in [7, 11) is 0. The summed E-state index contributed by atoms with van der Waals surface area (Å²) in [6, 6.07) is 7.02. The van der Waals surface area contributed by atoms with Crippen LogP contribution in [0.15, 0.2) is 22.7 Å². The summed E-state index contributed by atoms with van der Waals surface area (Å²) in [5.41, 5.74) is 0.695. The fourth-order valence-electron chi connectivity index (χ4n) is 2.23. The average Bonchev–Trinajstić information content (AvgIpc) is 2.82. The molecule has 2 rings (SSSR count). The Bertz CT molecular complexity index is 436. The molecule has 1 aromatic rings. The van der Waals surface area contributed by atoms with Gasteiger partial charge in [0.1, 0.15) is 11.9 Å². The highest BCUT2D eigenvalue weighted by molar-refractivity contribution is 9.10. The van der Waals surface area contributed by atoms with Gasteiger partial charge in [-0.3, -0.25) is 5.32 Å². The molecule has 1 N–H and O–H groups in total. The molecule has 4 heteroatoms. The third-order valence-electron chi connectivity index (χ3n) is 3.16. The molecule has 1 aliphatic carbocycles. The van der Waals surface area contributed by atoms with E-state index in [1.165, 1.54) is 18.9 Å². The number of rotatable bonds is 3. The van der Waals surface area contributed by atoms with Gasteiger partial charge in [0.25, 0.3) is 0 Å². The van der Waals surface area contributed by atoms with Crippen molar-refractivity contribution in [3.63, 3.8) is 0 Å². The largest absolute Gasteiger partial charge is 0.295 e. The van der Waals surface area contributed by atoms with Crippen LogP contribution in [-0.4, -0.2) is 6.04 Å². The van der Waals surface area contributed by atoms with Gasteiger partial charge in [0.2, 0.25) is 0 Å². The van der Waals surface area contributed by atoms with Gasteiger partial charge in [-0.25, -0.2) is 4.39 Å². The third kappa shape index (κ3) is 3.05. The number of hydrogen-bond acceptors (Lipinski definition) is 2. The normalized spacial score (nSPS) is 17.9. The zero-order valence-electron chi connectivity index (χ0n) is 9.42. The van der Waals surface area contributed by atoms with Crippen molar-refractivity contribution in [2.45, 2.75) is 37.8 Å². The van der Waals surface area contributed by atoms with Crippen molar-refractivity contribution in [2.24, 2.45) is 0 Å². The van der Waals surface area contributed by atoms with Gasteiger partial charge in [-0.2, -0.15) is 5.26 Å². The van der Waals surface area contributed by atoms with Gasteiger partial charge < -0.3 is 0 Å². The highest BCUT2D eigenvalue weighted by Gasteiger charge is 2.20. The van der Waals surface area contributed by atoms with Crippen LogP contribution >= 0.6 is 15.9 Å². The van der Waals surface area contributed by atoms with Crippen molar-refractivity contribution in [2.75, 3.05) is 0 Å². The Morgan fingerprint density at radius 2 is 2.12 bits per heavy atom. The third-order valence-corrected chi connectivity index (χ3v) is 3.81. The lowest BCUT2D eigenvalue weighted by Gasteiger charge is -2.17. The van der Waals surface area contributed by atoms with E-state index in [1.54, 1.807) is 12.1 Å². The molecule has 0 bridgehead atoms. The van der Waals surface area contributed by atoms with Crippen LogP contribution in [0.4, 0.5) is 4.39 Å². The molecule has 0 aliphatic heterocycles. The molecule has 1 saturated carbocycles. The van der Waals surface area contributed by atoms with E-state index in [4.69, 9.17) is 5.26 Å². The number of hydrogen-bond donors (Lipinski definition) is 1.